The molecule has 0 unspecified atom stereocenters. The molecule has 0 heterocycles. The van der Waals surface area contributed by atoms with Gasteiger partial charge in [-0.3, -0.25) is 14.9 Å². The fourth-order valence-electron chi connectivity index (χ4n) is 3.19. The maximum atomic E-state index is 12.3. The van der Waals surface area contributed by atoms with Gasteiger partial charge in [-0.2, -0.15) is 0 Å². The van der Waals surface area contributed by atoms with E-state index >= 15 is 0 Å². The third-order valence-corrected chi connectivity index (χ3v) is 4.63. The molecule has 0 bridgehead atoms. The molecule has 5 nitrogen and oxygen atoms in total. The van der Waals surface area contributed by atoms with Gasteiger partial charge in [0.15, 0.2) is 0 Å². The first-order valence-corrected chi connectivity index (χ1v) is 7.83. The van der Waals surface area contributed by atoms with Crippen LogP contribution >= 0.6 is 0 Å². The number of amides is 1. The maximum Gasteiger partial charge on any atom is 0.282 e. The highest BCUT2D eigenvalue weighted by Crippen LogP contribution is 2.37. The van der Waals surface area contributed by atoms with Crippen LogP contribution in [0.3, 0.4) is 0 Å². The number of carbonyl (C=O) groups excluding carboxylic acids is 1. The molecule has 1 aliphatic rings. The van der Waals surface area contributed by atoms with Crippen LogP contribution in [0.5, 0.6) is 0 Å². The second kappa shape index (κ2) is 6.46. The molecular weight excluding hydrogens is 280 g/mol. The lowest BCUT2D eigenvalue weighted by Gasteiger charge is -2.37. The Hall–Kier alpha value is -1.91. The van der Waals surface area contributed by atoms with Crippen molar-refractivity contribution in [1.82, 2.24) is 5.32 Å². The van der Waals surface area contributed by atoms with Crippen molar-refractivity contribution in [3.8, 4) is 0 Å². The van der Waals surface area contributed by atoms with Crippen LogP contribution in [0.2, 0.25) is 0 Å². The van der Waals surface area contributed by atoms with Crippen LogP contribution in [0.4, 0.5) is 5.69 Å². The van der Waals surface area contributed by atoms with E-state index < -0.39 is 4.92 Å². The SMILES string of the molecule is CC(C)(C)C1CCC(NC(=O)c2ccccc2[N+](=O)[O-])CC1. The Kier molecular flexibility index (Phi) is 4.84. The van der Waals surface area contributed by atoms with Gasteiger partial charge in [-0.15, -0.1) is 0 Å². The predicted molar refractivity (Wildman–Crippen MR) is 85.8 cm³/mol. The van der Waals surface area contributed by atoms with Crippen molar-refractivity contribution in [3.63, 3.8) is 0 Å². The summed E-state index contributed by atoms with van der Waals surface area (Å²) in [5.41, 5.74) is 0.307. The minimum atomic E-state index is -0.509. The monoisotopic (exact) mass is 304 g/mol. The summed E-state index contributed by atoms with van der Waals surface area (Å²) in [5.74, 6) is 0.332. The molecular formula is C17H24N2O3. The van der Waals surface area contributed by atoms with Crippen molar-refractivity contribution >= 4 is 11.6 Å². The van der Waals surface area contributed by atoms with Crippen molar-refractivity contribution in [1.29, 1.82) is 0 Å². The van der Waals surface area contributed by atoms with Crippen LogP contribution < -0.4 is 5.32 Å². The van der Waals surface area contributed by atoms with Gasteiger partial charge in [-0.1, -0.05) is 32.9 Å². The van der Waals surface area contributed by atoms with E-state index in [1.54, 1.807) is 12.1 Å². The molecule has 0 radical (unpaired) electrons. The first-order valence-electron chi connectivity index (χ1n) is 7.83. The largest absolute Gasteiger partial charge is 0.349 e. The van der Waals surface area contributed by atoms with Crippen LogP contribution in [-0.2, 0) is 0 Å². The van der Waals surface area contributed by atoms with Crippen molar-refractivity contribution in [2.45, 2.75) is 52.5 Å². The highest BCUT2D eigenvalue weighted by Gasteiger charge is 2.31. The fourth-order valence-corrected chi connectivity index (χ4v) is 3.19. The highest BCUT2D eigenvalue weighted by molar-refractivity contribution is 5.98. The molecule has 1 saturated carbocycles. The number of carbonyl (C=O) groups is 1. The number of hydrogen-bond donors (Lipinski definition) is 1. The Morgan fingerprint density at radius 2 is 1.77 bits per heavy atom. The van der Waals surface area contributed by atoms with E-state index in [4.69, 9.17) is 0 Å². The van der Waals surface area contributed by atoms with E-state index in [0.717, 1.165) is 25.7 Å². The lowest BCUT2D eigenvalue weighted by Crippen LogP contribution is -2.39. The van der Waals surface area contributed by atoms with E-state index in [1.165, 1.54) is 12.1 Å². The lowest BCUT2D eigenvalue weighted by molar-refractivity contribution is -0.385. The fraction of sp³-hybridized carbons (Fsp3) is 0.588. The predicted octanol–water partition coefficient (Wildman–Crippen LogP) is 3.93. The van der Waals surface area contributed by atoms with Gasteiger partial charge in [0.1, 0.15) is 5.56 Å². The molecule has 1 amide bonds. The number of nitro benzene ring substituents is 1. The zero-order valence-corrected chi connectivity index (χ0v) is 13.5. The summed E-state index contributed by atoms with van der Waals surface area (Å²) < 4.78 is 0. The van der Waals surface area contributed by atoms with Crippen molar-refractivity contribution in [2.75, 3.05) is 0 Å². The van der Waals surface area contributed by atoms with Gasteiger partial charge in [0.25, 0.3) is 11.6 Å². The number of para-hydroxylation sites is 1. The second-order valence-corrected chi connectivity index (χ2v) is 7.16. The van der Waals surface area contributed by atoms with Crippen molar-refractivity contribution in [3.05, 3.63) is 39.9 Å². The molecule has 0 spiro atoms. The molecule has 5 heteroatoms. The van der Waals surface area contributed by atoms with Crippen LogP contribution in [0.25, 0.3) is 0 Å². The molecule has 120 valence electrons. The van der Waals surface area contributed by atoms with Gasteiger partial charge in [0, 0.05) is 12.1 Å². The minimum absolute atomic E-state index is 0.117. The Labute approximate surface area is 131 Å². The topological polar surface area (TPSA) is 72.2 Å². The molecule has 1 fully saturated rings. The maximum absolute atomic E-state index is 12.3. The summed E-state index contributed by atoms with van der Waals surface area (Å²) in [4.78, 5) is 22.8. The molecule has 22 heavy (non-hydrogen) atoms. The molecule has 2 rings (SSSR count). The van der Waals surface area contributed by atoms with E-state index in [1.807, 2.05) is 0 Å². The van der Waals surface area contributed by atoms with Crippen LogP contribution in [-0.4, -0.2) is 16.9 Å². The van der Waals surface area contributed by atoms with Gasteiger partial charge in [0.2, 0.25) is 0 Å². The number of nitrogens with one attached hydrogen (secondary N) is 1. The molecule has 1 aliphatic carbocycles. The van der Waals surface area contributed by atoms with Crippen molar-refractivity contribution in [2.24, 2.45) is 11.3 Å². The Morgan fingerprint density at radius 1 is 1.18 bits per heavy atom. The van der Waals surface area contributed by atoms with E-state index in [0.29, 0.717) is 11.3 Å². The summed E-state index contributed by atoms with van der Waals surface area (Å²) in [5, 5.41) is 14.0. The van der Waals surface area contributed by atoms with Gasteiger partial charge < -0.3 is 5.32 Å². The highest BCUT2D eigenvalue weighted by atomic mass is 16.6. The van der Waals surface area contributed by atoms with Gasteiger partial charge in [-0.25, -0.2) is 0 Å². The first kappa shape index (κ1) is 16.5. The van der Waals surface area contributed by atoms with Gasteiger partial charge >= 0.3 is 0 Å². The number of benzene rings is 1. The standard InChI is InChI=1S/C17H24N2O3/c1-17(2,3)12-8-10-13(11-9-12)18-16(20)14-6-4-5-7-15(14)19(21)22/h4-7,12-13H,8-11H2,1-3H3,(H,18,20). The number of rotatable bonds is 3. The van der Waals surface area contributed by atoms with Crippen LogP contribution in [0.15, 0.2) is 24.3 Å². The summed E-state index contributed by atoms with van der Waals surface area (Å²) in [6.07, 6.45) is 4.05. The average molecular weight is 304 g/mol. The van der Waals surface area contributed by atoms with Crippen LogP contribution in [0, 0.1) is 21.4 Å². The Balaban J connectivity index is 1.98. The third kappa shape index (κ3) is 3.84. The molecule has 0 aromatic heterocycles. The third-order valence-electron chi connectivity index (χ3n) is 4.63. The minimum Gasteiger partial charge on any atom is -0.349 e. The van der Waals surface area contributed by atoms with E-state index in [2.05, 4.69) is 26.1 Å². The number of nitrogens with zero attached hydrogens (tertiary/aromatic N) is 1. The second-order valence-electron chi connectivity index (χ2n) is 7.16. The van der Waals surface area contributed by atoms with Gasteiger partial charge in [-0.05, 0) is 43.1 Å². The molecule has 0 aliphatic heterocycles. The van der Waals surface area contributed by atoms with E-state index in [-0.39, 0.29) is 23.2 Å². The summed E-state index contributed by atoms with van der Waals surface area (Å²) in [6, 6.07) is 6.22. The smallest absolute Gasteiger partial charge is 0.282 e. The lowest BCUT2D eigenvalue weighted by atomic mass is 9.71. The molecule has 0 atom stereocenters. The molecule has 1 aromatic carbocycles. The summed E-state index contributed by atoms with van der Waals surface area (Å²) in [6.45, 7) is 6.76. The zero-order valence-electron chi connectivity index (χ0n) is 13.5. The molecule has 0 saturated heterocycles. The van der Waals surface area contributed by atoms with E-state index in [9.17, 15) is 14.9 Å². The van der Waals surface area contributed by atoms with Gasteiger partial charge in [0.05, 0.1) is 4.92 Å². The molecule has 1 N–H and O–H groups in total. The Bertz CT molecular complexity index is 555. The quantitative estimate of drug-likeness (QED) is 0.679. The summed E-state index contributed by atoms with van der Waals surface area (Å²) >= 11 is 0. The molecule has 1 aromatic rings. The zero-order chi connectivity index (χ0) is 16.3. The summed E-state index contributed by atoms with van der Waals surface area (Å²) in [7, 11) is 0. The normalized spacial score (nSPS) is 22.1. The average Bonchev–Trinajstić information content (AvgIpc) is 2.46. The van der Waals surface area contributed by atoms with Crippen molar-refractivity contribution < 1.29 is 9.72 Å². The first-order chi connectivity index (χ1) is 10.3. The number of nitro groups is 1. The number of hydrogen-bond acceptors (Lipinski definition) is 3. The Morgan fingerprint density at radius 3 is 2.32 bits per heavy atom. The van der Waals surface area contributed by atoms with Crippen LogP contribution in [0.1, 0.15) is 56.8 Å².